The van der Waals surface area contributed by atoms with E-state index in [0.29, 0.717) is 6.54 Å². The molecule has 0 spiro atoms. The molecule has 0 atom stereocenters. The lowest BCUT2D eigenvalue weighted by Crippen LogP contribution is -2.51. The minimum absolute atomic E-state index is 0.0314. The van der Waals surface area contributed by atoms with E-state index in [1.807, 2.05) is 17.0 Å². The SMILES string of the molecule is Cc1ccccc1CNC(=O)N1CCN(c2cccc(C)c2C)CC1. The summed E-state index contributed by atoms with van der Waals surface area (Å²) in [5, 5.41) is 3.05. The van der Waals surface area contributed by atoms with E-state index in [0.717, 1.165) is 26.2 Å². The van der Waals surface area contributed by atoms with Gasteiger partial charge < -0.3 is 15.1 Å². The molecule has 0 aromatic heterocycles. The summed E-state index contributed by atoms with van der Waals surface area (Å²) in [6.07, 6.45) is 0. The van der Waals surface area contributed by atoms with Gasteiger partial charge in [-0.25, -0.2) is 4.79 Å². The second kappa shape index (κ2) is 7.60. The highest BCUT2D eigenvalue weighted by Crippen LogP contribution is 2.23. The number of piperazine rings is 1. The van der Waals surface area contributed by atoms with Crippen LogP contribution < -0.4 is 10.2 Å². The average Bonchev–Trinajstić information content (AvgIpc) is 2.63. The number of hydrogen-bond donors (Lipinski definition) is 1. The van der Waals surface area contributed by atoms with Gasteiger partial charge >= 0.3 is 6.03 Å². The fourth-order valence-electron chi connectivity index (χ4n) is 3.32. The first-order valence-electron chi connectivity index (χ1n) is 8.94. The van der Waals surface area contributed by atoms with Crippen molar-refractivity contribution < 1.29 is 4.79 Å². The highest BCUT2D eigenvalue weighted by atomic mass is 16.2. The third-order valence-corrected chi connectivity index (χ3v) is 5.17. The molecule has 0 aliphatic carbocycles. The van der Waals surface area contributed by atoms with Gasteiger partial charge in [-0.15, -0.1) is 0 Å². The monoisotopic (exact) mass is 337 g/mol. The van der Waals surface area contributed by atoms with Crippen LogP contribution in [0.3, 0.4) is 0 Å². The third-order valence-electron chi connectivity index (χ3n) is 5.17. The number of carbonyl (C=O) groups is 1. The predicted octanol–water partition coefficient (Wildman–Crippen LogP) is 3.64. The Hall–Kier alpha value is -2.49. The molecule has 1 N–H and O–H groups in total. The van der Waals surface area contributed by atoms with Crippen LogP contribution in [0.1, 0.15) is 22.3 Å². The largest absolute Gasteiger partial charge is 0.368 e. The van der Waals surface area contributed by atoms with Gasteiger partial charge in [0.1, 0.15) is 0 Å². The van der Waals surface area contributed by atoms with Gasteiger partial charge in [0.2, 0.25) is 0 Å². The van der Waals surface area contributed by atoms with Crippen molar-refractivity contribution in [2.75, 3.05) is 31.1 Å². The molecule has 132 valence electrons. The Kier molecular flexibility index (Phi) is 5.27. The Labute approximate surface area is 150 Å². The topological polar surface area (TPSA) is 35.6 Å². The number of carbonyl (C=O) groups excluding carboxylic acids is 1. The zero-order chi connectivity index (χ0) is 17.8. The minimum Gasteiger partial charge on any atom is -0.368 e. The first kappa shape index (κ1) is 17.3. The van der Waals surface area contributed by atoms with Crippen LogP contribution in [0.4, 0.5) is 10.5 Å². The Bertz CT molecular complexity index is 749. The van der Waals surface area contributed by atoms with Gasteiger partial charge in [-0.3, -0.25) is 0 Å². The molecule has 2 aromatic rings. The molecule has 1 aliphatic heterocycles. The smallest absolute Gasteiger partial charge is 0.317 e. The maximum atomic E-state index is 12.4. The minimum atomic E-state index is 0.0314. The molecule has 2 amide bonds. The van der Waals surface area contributed by atoms with E-state index in [1.54, 1.807) is 0 Å². The van der Waals surface area contributed by atoms with Crippen molar-refractivity contribution in [3.05, 3.63) is 64.7 Å². The number of aryl methyl sites for hydroxylation is 2. The lowest BCUT2D eigenvalue weighted by molar-refractivity contribution is 0.194. The fraction of sp³-hybridized carbons (Fsp3) is 0.381. The van der Waals surface area contributed by atoms with E-state index in [2.05, 4.69) is 61.3 Å². The van der Waals surface area contributed by atoms with Crippen molar-refractivity contribution in [3.63, 3.8) is 0 Å². The predicted molar refractivity (Wildman–Crippen MR) is 103 cm³/mol. The highest BCUT2D eigenvalue weighted by Gasteiger charge is 2.22. The molecule has 4 heteroatoms. The third kappa shape index (κ3) is 3.95. The second-order valence-electron chi connectivity index (χ2n) is 6.78. The van der Waals surface area contributed by atoms with Crippen LogP contribution in [0.2, 0.25) is 0 Å². The average molecular weight is 337 g/mol. The summed E-state index contributed by atoms with van der Waals surface area (Å²) in [6, 6.07) is 14.6. The molecule has 0 unspecified atom stereocenters. The quantitative estimate of drug-likeness (QED) is 0.928. The van der Waals surface area contributed by atoms with Crippen molar-refractivity contribution in [1.29, 1.82) is 0 Å². The molecule has 1 heterocycles. The van der Waals surface area contributed by atoms with E-state index in [4.69, 9.17) is 0 Å². The lowest BCUT2D eigenvalue weighted by Gasteiger charge is -2.37. The number of hydrogen-bond acceptors (Lipinski definition) is 2. The van der Waals surface area contributed by atoms with Gasteiger partial charge in [-0.1, -0.05) is 36.4 Å². The van der Waals surface area contributed by atoms with E-state index in [9.17, 15) is 4.79 Å². The number of amides is 2. The molecule has 2 aromatic carbocycles. The summed E-state index contributed by atoms with van der Waals surface area (Å²) in [6.45, 7) is 10.2. The number of anilines is 1. The van der Waals surface area contributed by atoms with Crippen molar-refractivity contribution in [2.24, 2.45) is 0 Å². The summed E-state index contributed by atoms with van der Waals surface area (Å²) >= 11 is 0. The normalized spacial score (nSPS) is 14.5. The van der Waals surface area contributed by atoms with Crippen LogP contribution in [0, 0.1) is 20.8 Å². The number of benzene rings is 2. The van der Waals surface area contributed by atoms with Gasteiger partial charge in [0.25, 0.3) is 0 Å². The van der Waals surface area contributed by atoms with Crippen molar-refractivity contribution in [1.82, 2.24) is 10.2 Å². The Morgan fingerprint density at radius 1 is 0.920 bits per heavy atom. The van der Waals surface area contributed by atoms with Gasteiger partial charge in [0.05, 0.1) is 0 Å². The molecule has 25 heavy (non-hydrogen) atoms. The van der Waals surface area contributed by atoms with Crippen LogP contribution >= 0.6 is 0 Å². The number of urea groups is 1. The maximum Gasteiger partial charge on any atom is 0.317 e. The van der Waals surface area contributed by atoms with Crippen LogP contribution in [0.25, 0.3) is 0 Å². The molecule has 1 fully saturated rings. The van der Waals surface area contributed by atoms with Crippen LogP contribution in [-0.4, -0.2) is 37.1 Å². The number of rotatable bonds is 3. The van der Waals surface area contributed by atoms with Crippen LogP contribution in [-0.2, 0) is 6.54 Å². The van der Waals surface area contributed by atoms with E-state index in [1.165, 1.54) is 27.9 Å². The molecule has 1 saturated heterocycles. The first-order valence-corrected chi connectivity index (χ1v) is 8.94. The second-order valence-corrected chi connectivity index (χ2v) is 6.78. The van der Waals surface area contributed by atoms with Crippen molar-refractivity contribution in [3.8, 4) is 0 Å². The molecular formula is C21H27N3O. The summed E-state index contributed by atoms with van der Waals surface area (Å²) in [7, 11) is 0. The van der Waals surface area contributed by atoms with Gasteiger partial charge in [0, 0.05) is 38.4 Å². The zero-order valence-electron chi connectivity index (χ0n) is 15.4. The van der Waals surface area contributed by atoms with Crippen LogP contribution in [0.15, 0.2) is 42.5 Å². The Morgan fingerprint density at radius 3 is 2.32 bits per heavy atom. The Balaban J connectivity index is 1.54. The summed E-state index contributed by atoms with van der Waals surface area (Å²) in [5.41, 5.74) is 6.32. The molecule has 3 rings (SSSR count). The lowest BCUT2D eigenvalue weighted by atomic mass is 10.1. The van der Waals surface area contributed by atoms with Crippen molar-refractivity contribution >= 4 is 11.7 Å². The zero-order valence-corrected chi connectivity index (χ0v) is 15.4. The molecule has 4 nitrogen and oxygen atoms in total. The van der Waals surface area contributed by atoms with Gasteiger partial charge in [-0.05, 0) is 49.1 Å². The Morgan fingerprint density at radius 2 is 1.60 bits per heavy atom. The molecule has 0 saturated carbocycles. The maximum absolute atomic E-state index is 12.4. The highest BCUT2D eigenvalue weighted by molar-refractivity contribution is 5.74. The first-order chi connectivity index (χ1) is 12.1. The molecule has 0 bridgehead atoms. The number of nitrogens with zero attached hydrogens (tertiary/aromatic N) is 2. The van der Waals surface area contributed by atoms with Gasteiger partial charge in [0.15, 0.2) is 0 Å². The summed E-state index contributed by atoms with van der Waals surface area (Å²) in [4.78, 5) is 16.7. The fourth-order valence-corrected chi connectivity index (χ4v) is 3.32. The number of nitrogens with one attached hydrogen (secondary N) is 1. The molecule has 1 aliphatic rings. The molecular weight excluding hydrogens is 310 g/mol. The van der Waals surface area contributed by atoms with E-state index < -0.39 is 0 Å². The van der Waals surface area contributed by atoms with E-state index in [-0.39, 0.29) is 6.03 Å². The van der Waals surface area contributed by atoms with Crippen LogP contribution in [0.5, 0.6) is 0 Å². The van der Waals surface area contributed by atoms with E-state index >= 15 is 0 Å². The van der Waals surface area contributed by atoms with Crippen molar-refractivity contribution in [2.45, 2.75) is 27.3 Å². The summed E-state index contributed by atoms with van der Waals surface area (Å²) < 4.78 is 0. The summed E-state index contributed by atoms with van der Waals surface area (Å²) in [5.74, 6) is 0. The molecule has 0 radical (unpaired) electrons. The van der Waals surface area contributed by atoms with Gasteiger partial charge in [-0.2, -0.15) is 0 Å². The standard InChI is InChI=1S/C21H27N3O/c1-16-8-6-10-20(18(16)3)23-11-13-24(14-12-23)21(25)22-15-19-9-5-4-7-17(19)2/h4-10H,11-15H2,1-3H3,(H,22,25).